The van der Waals surface area contributed by atoms with Crippen molar-refractivity contribution in [2.24, 2.45) is 5.92 Å². The average molecular weight is 512 g/mol. The topological polar surface area (TPSA) is 88.2 Å². The first-order valence-corrected chi connectivity index (χ1v) is 14.1. The minimum absolute atomic E-state index is 0.00412. The minimum Gasteiger partial charge on any atom is -0.374 e. The maximum absolute atomic E-state index is 13.7. The fourth-order valence-corrected chi connectivity index (χ4v) is 6.28. The Kier molecular flexibility index (Phi) is 7.98. The summed E-state index contributed by atoms with van der Waals surface area (Å²) in [6.07, 6.45) is 4.76. The number of amides is 2. The number of ether oxygens (including phenoxy) is 2. The molecule has 202 valence electrons. The van der Waals surface area contributed by atoms with Crippen LogP contribution >= 0.6 is 0 Å². The lowest BCUT2D eigenvalue weighted by Gasteiger charge is -2.32. The molecule has 1 unspecified atom stereocenters. The Morgan fingerprint density at radius 1 is 1.11 bits per heavy atom. The fourth-order valence-electron chi connectivity index (χ4n) is 6.28. The van der Waals surface area contributed by atoms with Gasteiger partial charge >= 0.3 is 0 Å². The highest BCUT2D eigenvalue weighted by molar-refractivity contribution is 5.99. The van der Waals surface area contributed by atoms with E-state index in [1.165, 1.54) is 18.4 Å². The first-order chi connectivity index (χ1) is 17.9. The van der Waals surface area contributed by atoms with Crippen molar-refractivity contribution in [3.05, 3.63) is 35.4 Å². The molecule has 8 nitrogen and oxygen atoms in total. The average Bonchev–Trinajstić information content (AvgIpc) is 3.59. The molecule has 37 heavy (non-hydrogen) atoms. The van der Waals surface area contributed by atoms with Crippen molar-refractivity contribution >= 4 is 17.6 Å². The van der Waals surface area contributed by atoms with Crippen LogP contribution in [0.3, 0.4) is 0 Å². The second kappa shape index (κ2) is 11.2. The van der Waals surface area contributed by atoms with Crippen LogP contribution in [0.25, 0.3) is 0 Å². The van der Waals surface area contributed by atoms with E-state index in [1.54, 1.807) is 4.90 Å². The third kappa shape index (κ3) is 5.76. The van der Waals surface area contributed by atoms with Gasteiger partial charge in [-0.2, -0.15) is 0 Å². The van der Waals surface area contributed by atoms with Gasteiger partial charge in [0.05, 0.1) is 6.54 Å². The number of nitrogens with one attached hydrogen (secondary N) is 1. The molecule has 1 N–H and O–H groups in total. The lowest BCUT2D eigenvalue weighted by Crippen LogP contribution is -2.52. The smallest absolute Gasteiger partial charge is 0.251 e. The van der Waals surface area contributed by atoms with Gasteiger partial charge in [0.2, 0.25) is 5.91 Å². The second-order valence-corrected chi connectivity index (χ2v) is 11.5. The maximum atomic E-state index is 13.7. The quantitative estimate of drug-likeness (QED) is 0.549. The lowest BCUT2D eigenvalue weighted by atomic mass is 9.89. The van der Waals surface area contributed by atoms with Crippen molar-refractivity contribution in [1.29, 1.82) is 0 Å². The molecule has 1 aromatic rings. The predicted octanol–water partition coefficient (Wildman–Crippen LogP) is 2.76. The van der Waals surface area contributed by atoms with Gasteiger partial charge in [0, 0.05) is 18.2 Å². The van der Waals surface area contributed by atoms with Gasteiger partial charge in [-0.25, -0.2) is 0 Å². The van der Waals surface area contributed by atoms with Gasteiger partial charge in [0.25, 0.3) is 5.91 Å². The van der Waals surface area contributed by atoms with Crippen molar-refractivity contribution in [3.8, 4) is 0 Å². The number of hydrogen-bond acceptors (Lipinski definition) is 6. The van der Waals surface area contributed by atoms with Gasteiger partial charge in [0.15, 0.2) is 5.78 Å². The number of likely N-dealkylation sites (tertiary alicyclic amines) is 2. The maximum Gasteiger partial charge on any atom is 0.251 e. The van der Waals surface area contributed by atoms with Crippen LogP contribution in [0.4, 0.5) is 0 Å². The van der Waals surface area contributed by atoms with E-state index >= 15 is 0 Å². The normalized spacial score (nSPS) is 27.5. The Morgan fingerprint density at radius 2 is 1.81 bits per heavy atom. The van der Waals surface area contributed by atoms with E-state index in [4.69, 9.17) is 9.47 Å². The molecule has 3 saturated heterocycles. The summed E-state index contributed by atoms with van der Waals surface area (Å²) in [5.74, 6) is 0.121. The van der Waals surface area contributed by atoms with Gasteiger partial charge in [-0.15, -0.1) is 0 Å². The highest BCUT2D eigenvalue weighted by Gasteiger charge is 2.53. The first kappa shape index (κ1) is 26.3. The second-order valence-electron chi connectivity index (χ2n) is 11.5. The van der Waals surface area contributed by atoms with E-state index in [1.807, 2.05) is 32.9 Å². The Hall–Kier alpha value is -2.29. The van der Waals surface area contributed by atoms with E-state index in [9.17, 15) is 14.4 Å². The number of piperidine rings is 1. The van der Waals surface area contributed by atoms with E-state index in [0.29, 0.717) is 31.1 Å². The third-order valence-electron chi connectivity index (χ3n) is 8.35. The number of hydrogen-bond donors (Lipinski definition) is 1. The SMILES string of the molecule is CCO[C@H]1CN(C(=O)C(CC(C)C)NC(=O)c2ccc(C3CCN(C4CC4)CC3)cc2)[C@@H]2C(=O)CO[C@H]12. The van der Waals surface area contributed by atoms with E-state index in [0.717, 1.165) is 32.0 Å². The fraction of sp³-hybridized carbons (Fsp3) is 0.690. The molecular formula is C29H41N3O5. The van der Waals surface area contributed by atoms with Gasteiger partial charge in [-0.3, -0.25) is 14.4 Å². The number of rotatable bonds is 9. The van der Waals surface area contributed by atoms with Crippen LogP contribution in [0.15, 0.2) is 24.3 Å². The third-order valence-corrected chi connectivity index (χ3v) is 8.35. The molecular weight excluding hydrogens is 470 g/mol. The Labute approximate surface area is 220 Å². The highest BCUT2D eigenvalue weighted by atomic mass is 16.6. The molecule has 3 aliphatic heterocycles. The van der Waals surface area contributed by atoms with Crippen molar-refractivity contribution in [2.75, 3.05) is 32.8 Å². The molecule has 0 aromatic heterocycles. The van der Waals surface area contributed by atoms with E-state index < -0.39 is 18.2 Å². The summed E-state index contributed by atoms with van der Waals surface area (Å²) >= 11 is 0. The molecule has 0 spiro atoms. The molecule has 4 atom stereocenters. The van der Waals surface area contributed by atoms with Crippen molar-refractivity contribution in [2.45, 2.75) is 89.1 Å². The van der Waals surface area contributed by atoms with Crippen LogP contribution in [0.2, 0.25) is 0 Å². The molecule has 0 radical (unpaired) electrons. The first-order valence-electron chi connectivity index (χ1n) is 14.1. The lowest BCUT2D eigenvalue weighted by molar-refractivity contribution is -0.138. The zero-order valence-corrected chi connectivity index (χ0v) is 22.4. The van der Waals surface area contributed by atoms with Crippen LogP contribution in [0, 0.1) is 5.92 Å². The summed E-state index contributed by atoms with van der Waals surface area (Å²) in [7, 11) is 0. The molecule has 1 aromatic carbocycles. The monoisotopic (exact) mass is 511 g/mol. The number of nitrogens with zero attached hydrogens (tertiary/aromatic N) is 2. The number of benzene rings is 1. The molecule has 4 fully saturated rings. The van der Waals surface area contributed by atoms with Gasteiger partial charge in [-0.1, -0.05) is 26.0 Å². The summed E-state index contributed by atoms with van der Waals surface area (Å²) in [6, 6.07) is 7.36. The molecule has 1 aliphatic carbocycles. The van der Waals surface area contributed by atoms with E-state index in [2.05, 4.69) is 22.3 Å². The summed E-state index contributed by atoms with van der Waals surface area (Å²) < 4.78 is 11.4. The standard InChI is InChI=1S/C29H41N3O5/c1-4-36-25-16-32(26-24(33)17-37-27(25)26)29(35)23(15-18(2)3)30-28(34)21-7-5-19(6-8-21)20-11-13-31(14-12-20)22-9-10-22/h5-8,18,20,22-23,25-27H,4,9-17H2,1-3H3,(H,30,34)/t23?,25-,26+,27+/m0/s1. The molecule has 5 rings (SSSR count). The number of ketones is 1. The Morgan fingerprint density at radius 3 is 2.43 bits per heavy atom. The molecule has 3 heterocycles. The summed E-state index contributed by atoms with van der Waals surface area (Å²) in [5, 5.41) is 2.98. The zero-order chi connectivity index (χ0) is 26.1. The number of Topliss-reactive ketones (excluding diaryl/α,β-unsaturated/α-hetero) is 1. The number of carbonyl (C=O) groups excluding carboxylic acids is 3. The summed E-state index contributed by atoms with van der Waals surface area (Å²) in [6.45, 7) is 9.03. The number of carbonyl (C=O) groups is 3. The minimum atomic E-state index is -0.714. The number of fused-ring (bicyclic) bond motifs is 1. The summed E-state index contributed by atoms with van der Waals surface area (Å²) in [5.41, 5.74) is 1.83. The van der Waals surface area contributed by atoms with Crippen molar-refractivity contribution in [3.63, 3.8) is 0 Å². The van der Waals surface area contributed by atoms with Gasteiger partial charge in [-0.05, 0) is 81.6 Å². The molecule has 4 aliphatic rings. The predicted molar refractivity (Wildman–Crippen MR) is 139 cm³/mol. The molecule has 8 heteroatoms. The van der Waals surface area contributed by atoms with Crippen molar-refractivity contribution in [1.82, 2.24) is 15.1 Å². The molecule has 0 bridgehead atoms. The van der Waals surface area contributed by atoms with Crippen LogP contribution in [-0.2, 0) is 19.1 Å². The molecule has 2 amide bonds. The van der Waals surface area contributed by atoms with Crippen LogP contribution < -0.4 is 5.32 Å². The van der Waals surface area contributed by atoms with Crippen LogP contribution in [0.5, 0.6) is 0 Å². The van der Waals surface area contributed by atoms with Crippen molar-refractivity contribution < 1.29 is 23.9 Å². The largest absolute Gasteiger partial charge is 0.374 e. The summed E-state index contributed by atoms with van der Waals surface area (Å²) in [4.78, 5) is 43.6. The highest BCUT2D eigenvalue weighted by Crippen LogP contribution is 2.35. The van der Waals surface area contributed by atoms with Gasteiger partial charge < -0.3 is 24.6 Å². The Bertz CT molecular complexity index is 984. The zero-order valence-electron chi connectivity index (χ0n) is 22.4. The van der Waals surface area contributed by atoms with Crippen LogP contribution in [-0.4, -0.2) is 90.6 Å². The molecule has 1 saturated carbocycles. The van der Waals surface area contributed by atoms with E-state index in [-0.39, 0.29) is 36.2 Å². The van der Waals surface area contributed by atoms with Crippen LogP contribution in [0.1, 0.15) is 74.7 Å². The van der Waals surface area contributed by atoms with Gasteiger partial charge in [0.1, 0.15) is 30.9 Å². The Balaban J connectivity index is 1.24.